The summed E-state index contributed by atoms with van der Waals surface area (Å²) in [6, 6.07) is 20.4. The summed E-state index contributed by atoms with van der Waals surface area (Å²) in [7, 11) is -3.54. The topological polar surface area (TPSA) is 78.5 Å². The minimum atomic E-state index is -3.54. The fraction of sp³-hybridized carbons (Fsp3) is 0.292. The fourth-order valence-electron chi connectivity index (χ4n) is 3.87. The molecule has 0 radical (unpaired) electrons. The summed E-state index contributed by atoms with van der Waals surface area (Å²) in [6.07, 6.45) is 2.83. The Bertz CT molecular complexity index is 1130. The molecular weight excluding hydrogens is 442 g/mol. The number of sulfonamides is 1. The normalized spacial score (nSPS) is 15.9. The van der Waals surface area contributed by atoms with Gasteiger partial charge in [0.15, 0.2) is 0 Å². The molecular formula is C24H27N3O3S2. The van der Waals surface area contributed by atoms with E-state index in [9.17, 15) is 13.2 Å². The van der Waals surface area contributed by atoms with Gasteiger partial charge in [-0.1, -0.05) is 48.9 Å². The zero-order chi connectivity index (χ0) is 22.4. The average Bonchev–Trinajstić information content (AvgIpc) is 3.35. The SMILES string of the molecule is O=C(CNC(c1ccccc1)c1cccs1)Nc1cccc(S(=O)(=O)N2CCCCC2)c1. The summed E-state index contributed by atoms with van der Waals surface area (Å²) in [5.41, 5.74) is 1.56. The molecule has 2 aromatic carbocycles. The Kier molecular flexibility index (Phi) is 7.36. The Morgan fingerprint density at radius 1 is 0.969 bits per heavy atom. The van der Waals surface area contributed by atoms with E-state index in [-0.39, 0.29) is 23.4 Å². The second kappa shape index (κ2) is 10.4. The molecule has 1 atom stereocenters. The second-order valence-corrected chi connectivity index (χ2v) is 10.7. The molecule has 1 saturated heterocycles. The number of carbonyl (C=O) groups is 1. The lowest BCUT2D eigenvalue weighted by molar-refractivity contribution is -0.115. The molecule has 32 heavy (non-hydrogen) atoms. The van der Waals surface area contributed by atoms with Crippen molar-refractivity contribution in [1.29, 1.82) is 0 Å². The van der Waals surface area contributed by atoms with Gasteiger partial charge >= 0.3 is 0 Å². The maximum atomic E-state index is 12.9. The van der Waals surface area contributed by atoms with Crippen LogP contribution in [0.15, 0.2) is 77.0 Å². The largest absolute Gasteiger partial charge is 0.325 e. The first kappa shape index (κ1) is 22.7. The quantitative estimate of drug-likeness (QED) is 0.517. The lowest BCUT2D eigenvalue weighted by Crippen LogP contribution is -2.35. The number of rotatable bonds is 8. The maximum absolute atomic E-state index is 12.9. The number of benzene rings is 2. The molecule has 0 aliphatic carbocycles. The summed E-state index contributed by atoms with van der Waals surface area (Å²) in [4.78, 5) is 14.0. The van der Waals surface area contributed by atoms with Gasteiger partial charge in [-0.25, -0.2) is 8.42 Å². The van der Waals surface area contributed by atoms with E-state index >= 15 is 0 Å². The van der Waals surface area contributed by atoms with Crippen molar-refractivity contribution in [2.75, 3.05) is 25.0 Å². The highest BCUT2D eigenvalue weighted by molar-refractivity contribution is 7.89. The Hall–Kier alpha value is -2.52. The number of nitrogens with zero attached hydrogens (tertiary/aromatic N) is 1. The molecule has 6 nitrogen and oxygen atoms in total. The van der Waals surface area contributed by atoms with Crippen molar-refractivity contribution in [2.24, 2.45) is 0 Å². The molecule has 168 valence electrons. The number of hydrogen-bond donors (Lipinski definition) is 2. The van der Waals surface area contributed by atoms with Crippen molar-refractivity contribution in [3.05, 3.63) is 82.6 Å². The predicted octanol–water partition coefficient (Wildman–Crippen LogP) is 4.24. The minimum absolute atomic E-state index is 0.0900. The first-order valence-corrected chi connectivity index (χ1v) is 13.1. The van der Waals surface area contributed by atoms with Crippen molar-refractivity contribution >= 4 is 33.0 Å². The van der Waals surface area contributed by atoms with Crippen LogP contribution < -0.4 is 10.6 Å². The van der Waals surface area contributed by atoms with Crippen LogP contribution in [0, 0.1) is 0 Å². The van der Waals surface area contributed by atoms with E-state index in [1.807, 2.05) is 47.8 Å². The highest BCUT2D eigenvalue weighted by Crippen LogP contribution is 2.26. The lowest BCUT2D eigenvalue weighted by atomic mass is 10.1. The highest BCUT2D eigenvalue weighted by Gasteiger charge is 2.26. The Morgan fingerprint density at radius 3 is 2.47 bits per heavy atom. The van der Waals surface area contributed by atoms with Gasteiger partial charge in [0, 0.05) is 23.7 Å². The number of anilines is 1. The Labute approximate surface area is 193 Å². The fourth-order valence-corrected chi connectivity index (χ4v) is 6.26. The van der Waals surface area contributed by atoms with E-state index < -0.39 is 10.0 Å². The molecule has 1 unspecified atom stereocenters. The average molecular weight is 470 g/mol. The molecule has 1 aliphatic rings. The van der Waals surface area contributed by atoms with Crippen LogP contribution in [-0.2, 0) is 14.8 Å². The molecule has 1 aromatic heterocycles. The van der Waals surface area contributed by atoms with Crippen molar-refractivity contribution < 1.29 is 13.2 Å². The minimum Gasteiger partial charge on any atom is -0.325 e. The van der Waals surface area contributed by atoms with Crippen LogP contribution in [0.3, 0.4) is 0 Å². The number of nitrogens with one attached hydrogen (secondary N) is 2. The van der Waals surface area contributed by atoms with E-state index in [0.29, 0.717) is 18.8 Å². The molecule has 1 fully saturated rings. The molecule has 2 N–H and O–H groups in total. The Morgan fingerprint density at radius 2 is 1.75 bits per heavy atom. The third-order valence-electron chi connectivity index (χ3n) is 5.50. The maximum Gasteiger partial charge on any atom is 0.243 e. The first-order chi connectivity index (χ1) is 15.5. The zero-order valence-corrected chi connectivity index (χ0v) is 19.4. The number of amides is 1. The Balaban J connectivity index is 1.42. The van der Waals surface area contributed by atoms with Gasteiger partial charge in [-0.3, -0.25) is 10.1 Å². The van der Waals surface area contributed by atoms with Crippen molar-refractivity contribution in [3.63, 3.8) is 0 Å². The number of piperidine rings is 1. The third-order valence-corrected chi connectivity index (χ3v) is 8.33. The van der Waals surface area contributed by atoms with E-state index in [1.54, 1.807) is 29.5 Å². The predicted molar refractivity (Wildman–Crippen MR) is 128 cm³/mol. The van der Waals surface area contributed by atoms with Crippen LogP contribution in [-0.4, -0.2) is 38.3 Å². The van der Waals surface area contributed by atoms with E-state index in [4.69, 9.17) is 0 Å². The van der Waals surface area contributed by atoms with Gasteiger partial charge < -0.3 is 5.32 Å². The van der Waals surface area contributed by atoms with Crippen LogP contribution in [0.5, 0.6) is 0 Å². The van der Waals surface area contributed by atoms with Crippen LogP contribution >= 0.6 is 11.3 Å². The lowest BCUT2D eigenvalue weighted by Gasteiger charge is -2.26. The van der Waals surface area contributed by atoms with Gasteiger partial charge in [0.25, 0.3) is 0 Å². The molecule has 1 aliphatic heterocycles. The van der Waals surface area contributed by atoms with Crippen molar-refractivity contribution in [2.45, 2.75) is 30.2 Å². The van der Waals surface area contributed by atoms with Gasteiger partial charge in [-0.2, -0.15) is 4.31 Å². The molecule has 0 spiro atoms. The second-order valence-electron chi connectivity index (χ2n) is 7.78. The van der Waals surface area contributed by atoms with Crippen LogP contribution in [0.1, 0.15) is 35.7 Å². The summed E-state index contributed by atoms with van der Waals surface area (Å²) in [6.45, 7) is 1.19. The van der Waals surface area contributed by atoms with Gasteiger partial charge in [0.1, 0.15) is 0 Å². The van der Waals surface area contributed by atoms with Gasteiger partial charge in [0.2, 0.25) is 15.9 Å². The first-order valence-electron chi connectivity index (χ1n) is 10.8. The molecule has 0 bridgehead atoms. The van der Waals surface area contributed by atoms with E-state index in [0.717, 1.165) is 29.7 Å². The number of carbonyl (C=O) groups excluding carboxylic acids is 1. The molecule has 8 heteroatoms. The van der Waals surface area contributed by atoms with Gasteiger partial charge in [0.05, 0.1) is 17.5 Å². The number of hydrogen-bond acceptors (Lipinski definition) is 5. The monoisotopic (exact) mass is 469 g/mol. The van der Waals surface area contributed by atoms with Crippen molar-refractivity contribution in [1.82, 2.24) is 9.62 Å². The summed E-state index contributed by atoms with van der Waals surface area (Å²) in [5.74, 6) is -0.227. The smallest absolute Gasteiger partial charge is 0.243 e. The summed E-state index contributed by atoms with van der Waals surface area (Å²) < 4.78 is 27.4. The highest BCUT2D eigenvalue weighted by atomic mass is 32.2. The summed E-state index contributed by atoms with van der Waals surface area (Å²) in [5, 5.41) is 8.17. The zero-order valence-electron chi connectivity index (χ0n) is 17.7. The molecule has 1 amide bonds. The molecule has 3 aromatic rings. The number of thiophene rings is 1. The van der Waals surface area contributed by atoms with E-state index in [1.165, 1.54) is 10.4 Å². The third kappa shape index (κ3) is 5.45. The van der Waals surface area contributed by atoms with Crippen LogP contribution in [0.25, 0.3) is 0 Å². The van der Waals surface area contributed by atoms with E-state index in [2.05, 4.69) is 10.6 Å². The standard InChI is InChI=1S/C24H27N3O3S2/c28-23(18-25-24(22-13-8-16-31-22)19-9-3-1-4-10-19)26-20-11-7-12-21(17-20)32(29,30)27-14-5-2-6-15-27/h1,3-4,7-13,16-17,24-25H,2,5-6,14-15,18H2,(H,26,28). The molecule has 2 heterocycles. The van der Waals surface area contributed by atoms with Crippen LogP contribution in [0.4, 0.5) is 5.69 Å². The van der Waals surface area contributed by atoms with Crippen molar-refractivity contribution in [3.8, 4) is 0 Å². The molecule has 4 rings (SSSR count). The van der Waals surface area contributed by atoms with Crippen LogP contribution in [0.2, 0.25) is 0 Å². The van der Waals surface area contributed by atoms with Gasteiger partial charge in [-0.15, -0.1) is 11.3 Å². The molecule has 0 saturated carbocycles. The van der Waals surface area contributed by atoms with Gasteiger partial charge in [-0.05, 0) is 48.1 Å². The summed E-state index contributed by atoms with van der Waals surface area (Å²) >= 11 is 1.63.